The van der Waals surface area contributed by atoms with Crippen LogP contribution in [0.2, 0.25) is 0 Å². The van der Waals surface area contributed by atoms with Crippen molar-refractivity contribution >= 4 is 5.91 Å². The molecule has 0 spiro atoms. The van der Waals surface area contributed by atoms with Crippen LogP contribution in [-0.2, 0) is 11.2 Å². The molecule has 1 amide bonds. The standard InChI is InChI=1S/C11H15NO2.C2H6/c1-12-11(13)8-5-9-3-6-10(14-2)7-4-9;1-2/h3-4,6-7H,5,8H2,1-2H3,(H,12,13);1-2H3. The summed E-state index contributed by atoms with van der Waals surface area (Å²) < 4.78 is 5.04. The fraction of sp³-hybridized carbons (Fsp3) is 0.462. The third kappa shape index (κ3) is 5.39. The molecule has 1 N–H and O–H groups in total. The highest BCUT2D eigenvalue weighted by Gasteiger charge is 1.99. The maximum Gasteiger partial charge on any atom is 0.220 e. The molecular formula is C13H21NO2. The molecule has 0 aliphatic rings. The molecule has 0 aliphatic heterocycles. The van der Waals surface area contributed by atoms with Crippen molar-refractivity contribution in [2.75, 3.05) is 14.2 Å². The van der Waals surface area contributed by atoms with Gasteiger partial charge in [0.15, 0.2) is 0 Å². The van der Waals surface area contributed by atoms with Gasteiger partial charge in [0.2, 0.25) is 5.91 Å². The zero-order valence-electron chi connectivity index (χ0n) is 10.5. The molecule has 0 saturated heterocycles. The van der Waals surface area contributed by atoms with E-state index in [0.29, 0.717) is 6.42 Å². The Morgan fingerprint density at radius 1 is 1.25 bits per heavy atom. The maximum atomic E-state index is 11.0. The lowest BCUT2D eigenvalue weighted by atomic mass is 10.1. The first-order chi connectivity index (χ1) is 7.76. The molecule has 3 heteroatoms. The monoisotopic (exact) mass is 223 g/mol. The molecule has 1 aromatic carbocycles. The second-order valence-corrected chi connectivity index (χ2v) is 3.02. The first-order valence-corrected chi connectivity index (χ1v) is 5.59. The highest BCUT2D eigenvalue weighted by Crippen LogP contribution is 2.12. The smallest absolute Gasteiger partial charge is 0.220 e. The van der Waals surface area contributed by atoms with Gasteiger partial charge in [-0.25, -0.2) is 0 Å². The molecule has 0 aromatic heterocycles. The number of hydrogen-bond acceptors (Lipinski definition) is 2. The lowest BCUT2D eigenvalue weighted by molar-refractivity contribution is -0.120. The zero-order valence-corrected chi connectivity index (χ0v) is 10.5. The van der Waals surface area contributed by atoms with Crippen LogP contribution in [0.15, 0.2) is 24.3 Å². The normalized spacial score (nSPS) is 8.75. The Morgan fingerprint density at radius 2 is 1.81 bits per heavy atom. The minimum Gasteiger partial charge on any atom is -0.497 e. The Kier molecular flexibility index (Phi) is 7.94. The number of aryl methyl sites for hydroxylation is 1. The van der Waals surface area contributed by atoms with E-state index in [0.717, 1.165) is 17.7 Å². The highest BCUT2D eigenvalue weighted by atomic mass is 16.5. The quantitative estimate of drug-likeness (QED) is 0.851. The van der Waals surface area contributed by atoms with Crippen molar-refractivity contribution in [3.8, 4) is 5.75 Å². The van der Waals surface area contributed by atoms with Gasteiger partial charge in [0, 0.05) is 13.5 Å². The van der Waals surface area contributed by atoms with Crippen LogP contribution in [0.3, 0.4) is 0 Å². The van der Waals surface area contributed by atoms with Crippen molar-refractivity contribution < 1.29 is 9.53 Å². The Bertz CT molecular complexity index is 293. The van der Waals surface area contributed by atoms with Gasteiger partial charge in [0.25, 0.3) is 0 Å². The predicted octanol–water partition coefficient (Wildman–Crippen LogP) is 2.40. The lowest BCUT2D eigenvalue weighted by Gasteiger charge is -2.02. The molecule has 3 nitrogen and oxygen atoms in total. The van der Waals surface area contributed by atoms with Gasteiger partial charge >= 0.3 is 0 Å². The SMILES string of the molecule is CC.CNC(=O)CCc1ccc(OC)cc1. The van der Waals surface area contributed by atoms with E-state index in [1.165, 1.54) is 0 Å². The molecule has 0 fully saturated rings. The van der Waals surface area contributed by atoms with Crippen LogP contribution in [0, 0.1) is 0 Å². The van der Waals surface area contributed by atoms with Crippen LogP contribution in [0.5, 0.6) is 5.75 Å². The first kappa shape index (κ1) is 14.5. The van der Waals surface area contributed by atoms with E-state index in [1.54, 1.807) is 14.2 Å². The van der Waals surface area contributed by atoms with Gasteiger partial charge in [-0.15, -0.1) is 0 Å². The summed E-state index contributed by atoms with van der Waals surface area (Å²) in [7, 11) is 3.29. The highest BCUT2D eigenvalue weighted by molar-refractivity contribution is 5.75. The van der Waals surface area contributed by atoms with Crippen molar-refractivity contribution in [2.24, 2.45) is 0 Å². The average Bonchev–Trinajstić information content (AvgIpc) is 2.38. The number of rotatable bonds is 4. The Morgan fingerprint density at radius 3 is 2.25 bits per heavy atom. The van der Waals surface area contributed by atoms with Crippen LogP contribution in [0.1, 0.15) is 25.8 Å². The molecule has 0 aliphatic carbocycles. The Labute approximate surface area is 97.8 Å². The van der Waals surface area contributed by atoms with Crippen LogP contribution in [0.25, 0.3) is 0 Å². The Hall–Kier alpha value is -1.51. The number of amides is 1. The van der Waals surface area contributed by atoms with E-state index in [1.807, 2.05) is 38.1 Å². The van der Waals surface area contributed by atoms with Crippen LogP contribution >= 0.6 is 0 Å². The van der Waals surface area contributed by atoms with E-state index in [-0.39, 0.29) is 5.91 Å². The molecule has 0 atom stereocenters. The number of carbonyl (C=O) groups is 1. The number of hydrogen-bond donors (Lipinski definition) is 1. The van der Waals surface area contributed by atoms with E-state index < -0.39 is 0 Å². The first-order valence-electron chi connectivity index (χ1n) is 5.59. The van der Waals surface area contributed by atoms with Crippen LogP contribution < -0.4 is 10.1 Å². The molecule has 0 unspecified atom stereocenters. The number of nitrogens with one attached hydrogen (secondary N) is 1. The number of ether oxygens (including phenoxy) is 1. The third-order valence-electron chi connectivity index (χ3n) is 2.08. The Balaban J connectivity index is 0.00000106. The molecular weight excluding hydrogens is 202 g/mol. The predicted molar refractivity (Wildman–Crippen MR) is 66.7 cm³/mol. The summed E-state index contributed by atoms with van der Waals surface area (Å²) in [5.74, 6) is 0.912. The van der Waals surface area contributed by atoms with E-state index in [4.69, 9.17) is 4.74 Å². The number of methoxy groups -OCH3 is 1. The second kappa shape index (κ2) is 8.77. The second-order valence-electron chi connectivity index (χ2n) is 3.02. The van der Waals surface area contributed by atoms with E-state index >= 15 is 0 Å². The van der Waals surface area contributed by atoms with Crippen molar-refractivity contribution in [3.63, 3.8) is 0 Å². The van der Waals surface area contributed by atoms with Gasteiger partial charge in [-0.3, -0.25) is 4.79 Å². The van der Waals surface area contributed by atoms with E-state index in [9.17, 15) is 4.79 Å². The minimum absolute atomic E-state index is 0.0702. The summed E-state index contributed by atoms with van der Waals surface area (Å²) >= 11 is 0. The fourth-order valence-corrected chi connectivity index (χ4v) is 1.18. The van der Waals surface area contributed by atoms with Gasteiger partial charge < -0.3 is 10.1 Å². The van der Waals surface area contributed by atoms with Gasteiger partial charge in [-0.2, -0.15) is 0 Å². The zero-order chi connectivity index (χ0) is 12.4. The van der Waals surface area contributed by atoms with E-state index in [2.05, 4.69) is 5.32 Å². The number of carbonyl (C=O) groups excluding carboxylic acids is 1. The van der Waals surface area contributed by atoms with Crippen molar-refractivity contribution in [1.29, 1.82) is 0 Å². The van der Waals surface area contributed by atoms with Crippen molar-refractivity contribution in [3.05, 3.63) is 29.8 Å². The molecule has 0 heterocycles. The summed E-state index contributed by atoms with van der Waals surface area (Å²) in [6, 6.07) is 7.75. The average molecular weight is 223 g/mol. The summed E-state index contributed by atoms with van der Waals surface area (Å²) in [4.78, 5) is 11.0. The summed E-state index contributed by atoms with van der Waals surface area (Å²) in [6.07, 6.45) is 1.30. The number of benzene rings is 1. The summed E-state index contributed by atoms with van der Waals surface area (Å²) in [5.41, 5.74) is 1.15. The molecule has 0 saturated carbocycles. The molecule has 90 valence electrons. The molecule has 1 aromatic rings. The topological polar surface area (TPSA) is 38.3 Å². The van der Waals surface area contributed by atoms with Crippen molar-refractivity contribution in [1.82, 2.24) is 5.32 Å². The summed E-state index contributed by atoms with van der Waals surface area (Å²) in [6.45, 7) is 4.00. The third-order valence-corrected chi connectivity index (χ3v) is 2.08. The lowest BCUT2D eigenvalue weighted by Crippen LogP contribution is -2.17. The molecule has 0 radical (unpaired) electrons. The molecule has 0 bridgehead atoms. The maximum absolute atomic E-state index is 11.0. The van der Waals surface area contributed by atoms with Gasteiger partial charge in [0.1, 0.15) is 5.75 Å². The van der Waals surface area contributed by atoms with Gasteiger partial charge in [-0.1, -0.05) is 26.0 Å². The van der Waals surface area contributed by atoms with Crippen LogP contribution in [-0.4, -0.2) is 20.1 Å². The minimum atomic E-state index is 0.0702. The molecule has 1 rings (SSSR count). The van der Waals surface area contributed by atoms with Crippen molar-refractivity contribution in [2.45, 2.75) is 26.7 Å². The summed E-state index contributed by atoms with van der Waals surface area (Å²) in [5, 5.41) is 2.59. The largest absolute Gasteiger partial charge is 0.497 e. The van der Waals surface area contributed by atoms with Gasteiger partial charge in [-0.05, 0) is 24.1 Å². The molecule has 16 heavy (non-hydrogen) atoms. The van der Waals surface area contributed by atoms with Crippen LogP contribution in [0.4, 0.5) is 0 Å². The fourth-order valence-electron chi connectivity index (χ4n) is 1.18. The van der Waals surface area contributed by atoms with Gasteiger partial charge in [0.05, 0.1) is 7.11 Å².